The zero-order chi connectivity index (χ0) is 17.9. The molecule has 1 aromatic carbocycles. The van der Waals surface area contributed by atoms with Gasteiger partial charge in [0.25, 0.3) is 0 Å². The van der Waals surface area contributed by atoms with Crippen LogP contribution in [0, 0.1) is 0 Å². The minimum absolute atomic E-state index is 0.0363. The lowest BCUT2D eigenvalue weighted by Gasteiger charge is -2.36. The van der Waals surface area contributed by atoms with Crippen molar-refractivity contribution >= 4 is 17.6 Å². The summed E-state index contributed by atoms with van der Waals surface area (Å²) in [5, 5.41) is 7.48. The van der Waals surface area contributed by atoms with Crippen LogP contribution in [0.2, 0.25) is 5.02 Å². The van der Waals surface area contributed by atoms with E-state index in [4.69, 9.17) is 16.1 Å². The highest BCUT2D eigenvalue weighted by molar-refractivity contribution is 6.30. The average molecular weight is 371 g/mol. The lowest BCUT2D eigenvalue weighted by molar-refractivity contribution is 0.136. The molecule has 1 saturated heterocycles. The number of carbonyl (C=O) groups is 1. The lowest BCUT2D eigenvalue weighted by Crippen LogP contribution is -2.52. The third-order valence-electron chi connectivity index (χ3n) is 4.11. The molecule has 2 aromatic heterocycles. The Bertz CT molecular complexity index is 893. The van der Waals surface area contributed by atoms with Crippen molar-refractivity contribution in [1.82, 2.24) is 30.3 Å². The van der Waals surface area contributed by atoms with Gasteiger partial charge in [0.1, 0.15) is 5.69 Å². The highest BCUT2D eigenvalue weighted by Gasteiger charge is 2.35. The molecule has 0 unspecified atom stereocenters. The molecule has 1 aliphatic heterocycles. The van der Waals surface area contributed by atoms with E-state index in [2.05, 4.69) is 25.4 Å². The number of urea groups is 1. The lowest BCUT2D eigenvalue weighted by atomic mass is 10.0. The summed E-state index contributed by atoms with van der Waals surface area (Å²) in [5.74, 6) is 0.945. The first-order valence-electron chi connectivity index (χ1n) is 8.06. The fraction of sp³-hybridized carbons (Fsp3) is 0.235. The van der Waals surface area contributed by atoms with Gasteiger partial charge in [0, 0.05) is 37.1 Å². The van der Waals surface area contributed by atoms with E-state index in [0.717, 1.165) is 5.56 Å². The second-order valence-corrected chi connectivity index (χ2v) is 6.37. The standard InChI is InChI=1S/C17H15ClN6O2/c18-13-3-1-11(2-4-13)7-21-17(25)24-9-12(10-24)16-22-15(23-26-16)14-8-19-5-6-20-14/h1-6,8,12H,7,9-10H2,(H,21,25). The third-order valence-corrected chi connectivity index (χ3v) is 4.36. The Kier molecular flexibility index (Phi) is 4.49. The molecule has 0 aliphatic carbocycles. The monoisotopic (exact) mass is 370 g/mol. The molecule has 3 aromatic rings. The molecular weight excluding hydrogens is 356 g/mol. The molecular formula is C17H15ClN6O2. The number of carbonyl (C=O) groups excluding carboxylic acids is 1. The summed E-state index contributed by atoms with van der Waals surface area (Å²) in [5.41, 5.74) is 1.55. The molecule has 1 N–H and O–H groups in total. The Morgan fingerprint density at radius 1 is 1.27 bits per heavy atom. The normalized spacial score (nSPS) is 14.1. The summed E-state index contributed by atoms with van der Waals surface area (Å²) in [6, 6.07) is 7.24. The number of nitrogens with zero attached hydrogens (tertiary/aromatic N) is 5. The van der Waals surface area contributed by atoms with Crippen LogP contribution in [0.15, 0.2) is 47.4 Å². The van der Waals surface area contributed by atoms with Crippen LogP contribution in [0.4, 0.5) is 4.79 Å². The van der Waals surface area contributed by atoms with Crippen molar-refractivity contribution in [1.29, 1.82) is 0 Å². The summed E-state index contributed by atoms with van der Waals surface area (Å²) < 4.78 is 5.29. The number of aromatic nitrogens is 4. The summed E-state index contributed by atoms with van der Waals surface area (Å²) >= 11 is 5.85. The van der Waals surface area contributed by atoms with E-state index in [-0.39, 0.29) is 11.9 Å². The summed E-state index contributed by atoms with van der Waals surface area (Å²) in [7, 11) is 0. The van der Waals surface area contributed by atoms with Gasteiger partial charge in [-0.15, -0.1) is 0 Å². The zero-order valence-electron chi connectivity index (χ0n) is 13.7. The first kappa shape index (κ1) is 16.5. The summed E-state index contributed by atoms with van der Waals surface area (Å²) in [4.78, 5) is 26.3. The van der Waals surface area contributed by atoms with E-state index in [9.17, 15) is 4.79 Å². The summed E-state index contributed by atoms with van der Waals surface area (Å²) in [6.07, 6.45) is 4.73. The van der Waals surface area contributed by atoms with Gasteiger partial charge in [-0.1, -0.05) is 28.9 Å². The van der Waals surface area contributed by atoms with Gasteiger partial charge >= 0.3 is 6.03 Å². The van der Waals surface area contributed by atoms with Crippen LogP contribution in [0.1, 0.15) is 17.4 Å². The first-order chi connectivity index (χ1) is 12.7. The van der Waals surface area contributed by atoms with E-state index in [0.29, 0.717) is 42.1 Å². The van der Waals surface area contributed by atoms with Gasteiger partial charge in [0.2, 0.25) is 11.7 Å². The van der Waals surface area contributed by atoms with E-state index in [1.807, 2.05) is 12.1 Å². The van der Waals surface area contributed by atoms with Crippen LogP contribution in [-0.2, 0) is 6.54 Å². The molecule has 132 valence electrons. The minimum atomic E-state index is -0.120. The molecule has 0 saturated carbocycles. The van der Waals surface area contributed by atoms with Crippen molar-refractivity contribution in [2.45, 2.75) is 12.5 Å². The average Bonchev–Trinajstić information content (AvgIpc) is 3.10. The Morgan fingerprint density at radius 2 is 2.08 bits per heavy atom. The molecule has 9 heteroatoms. The maximum absolute atomic E-state index is 12.2. The third kappa shape index (κ3) is 3.50. The molecule has 8 nitrogen and oxygen atoms in total. The SMILES string of the molecule is O=C(NCc1ccc(Cl)cc1)N1CC(c2nc(-c3cnccn3)no2)C1. The molecule has 4 rings (SSSR count). The van der Waals surface area contributed by atoms with Crippen LogP contribution in [0.3, 0.4) is 0 Å². The maximum atomic E-state index is 12.2. The highest BCUT2D eigenvalue weighted by Crippen LogP contribution is 2.27. The second-order valence-electron chi connectivity index (χ2n) is 5.93. The predicted molar refractivity (Wildman–Crippen MR) is 93.3 cm³/mol. The van der Waals surface area contributed by atoms with Gasteiger partial charge in [-0.25, -0.2) is 9.78 Å². The number of hydrogen-bond acceptors (Lipinski definition) is 6. The molecule has 26 heavy (non-hydrogen) atoms. The van der Waals surface area contributed by atoms with E-state index >= 15 is 0 Å². The molecule has 3 heterocycles. The molecule has 2 amide bonds. The van der Waals surface area contributed by atoms with E-state index in [1.54, 1.807) is 35.6 Å². The van der Waals surface area contributed by atoms with E-state index < -0.39 is 0 Å². The number of likely N-dealkylation sites (tertiary alicyclic amines) is 1. The van der Waals surface area contributed by atoms with Crippen LogP contribution in [-0.4, -0.2) is 44.1 Å². The van der Waals surface area contributed by atoms with Gasteiger partial charge in [0.05, 0.1) is 12.1 Å². The van der Waals surface area contributed by atoms with Crippen molar-refractivity contribution in [2.75, 3.05) is 13.1 Å². The number of halogens is 1. The largest absolute Gasteiger partial charge is 0.338 e. The number of benzene rings is 1. The maximum Gasteiger partial charge on any atom is 0.317 e. The molecule has 0 atom stereocenters. The van der Waals surface area contributed by atoms with Crippen LogP contribution in [0.5, 0.6) is 0 Å². The van der Waals surface area contributed by atoms with Crippen molar-refractivity contribution in [3.8, 4) is 11.5 Å². The smallest absolute Gasteiger partial charge is 0.317 e. The number of rotatable bonds is 4. The van der Waals surface area contributed by atoms with Crippen LogP contribution >= 0.6 is 11.6 Å². The number of nitrogens with one attached hydrogen (secondary N) is 1. The highest BCUT2D eigenvalue weighted by atomic mass is 35.5. The van der Waals surface area contributed by atoms with Gasteiger partial charge < -0.3 is 14.7 Å². The zero-order valence-corrected chi connectivity index (χ0v) is 14.4. The Hall–Kier alpha value is -3.00. The van der Waals surface area contributed by atoms with Crippen LogP contribution in [0.25, 0.3) is 11.5 Å². The molecule has 0 spiro atoms. The van der Waals surface area contributed by atoms with Gasteiger partial charge in [-0.2, -0.15) is 4.98 Å². The molecule has 1 fully saturated rings. The second kappa shape index (κ2) is 7.09. The van der Waals surface area contributed by atoms with Crippen LogP contribution < -0.4 is 5.32 Å². The van der Waals surface area contributed by atoms with Crippen molar-refractivity contribution in [3.05, 3.63) is 59.3 Å². The number of amides is 2. The predicted octanol–water partition coefficient (Wildman–Crippen LogP) is 2.49. The first-order valence-corrected chi connectivity index (χ1v) is 8.44. The van der Waals surface area contributed by atoms with Crippen molar-refractivity contribution in [2.24, 2.45) is 0 Å². The fourth-order valence-corrected chi connectivity index (χ4v) is 2.74. The summed E-state index contributed by atoms with van der Waals surface area (Å²) in [6.45, 7) is 1.53. The topological polar surface area (TPSA) is 97.0 Å². The van der Waals surface area contributed by atoms with E-state index in [1.165, 1.54) is 0 Å². The molecule has 0 bridgehead atoms. The van der Waals surface area contributed by atoms with Gasteiger partial charge in [-0.3, -0.25) is 4.98 Å². The molecule has 1 aliphatic rings. The number of hydrogen-bond donors (Lipinski definition) is 1. The minimum Gasteiger partial charge on any atom is -0.338 e. The van der Waals surface area contributed by atoms with Crippen molar-refractivity contribution in [3.63, 3.8) is 0 Å². The Labute approximate surface area is 154 Å². The van der Waals surface area contributed by atoms with Gasteiger partial charge in [0.15, 0.2) is 0 Å². The quantitative estimate of drug-likeness (QED) is 0.757. The Balaban J connectivity index is 1.29. The van der Waals surface area contributed by atoms with Gasteiger partial charge in [-0.05, 0) is 17.7 Å². The van der Waals surface area contributed by atoms with Crippen molar-refractivity contribution < 1.29 is 9.32 Å². The Morgan fingerprint density at radius 3 is 2.81 bits per heavy atom. The molecule has 0 radical (unpaired) electrons. The fourth-order valence-electron chi connectivity index (χ4n) is 2.61.